The summed E-state index contributed by atoms with van der Waals surface area (Å²) < 4.78 is 2.20. The average molecular weight is 414 g/mol. The first-order valence-electron chi connectivity index (χ1n) is 5.42. The van der Waals surface area contributed by atoms with Gasteiger partial charge < -0.3 is 4.98 Å². The molecule has 0 aliphatic carbocycles. The summed E-state index contributed by atoms with van der Waals surface area (Å²) in [5, 5.41) is 0. The number of hydrogen-bond acceptors (Lipinski definition) is 2. The van der Waals surface area contributed by atoms with Crippen LogP contribution in [0.5, 0.6) is 0 Å². The molecular weight excluding hydrogens is 405 g/mol. The van der Waals surface area contributed by atoms with E-state index in [9.17, 15) is 0 Å². The third-order valence-corrected chi connectivity index (χ3v) is 4.03. The summed E-state index contributed by atoms with van der Waals surface area (Å²) in [4.78, 5) is 12.3. The van der Waals surface area contributed by atoms with E-state index in [-0.39, 0.29) is 0 Å². The second-order valence-electron chi connectivity index (χ2n) is 4.03. The Morgan fingerprint density at radius 1 is 1.17 bits per heavy atom. The topological polar surface area (TPSA) is 41.6 Å². The second-order valence-corrected chi connectivity index (χ2v) is 6.13. The van der Waals surface area contributed by atoms with E-state index < -0.39 is 0 Å². The lowest BCUT2D eigenvalue weighted by molar-refractivity contribution is 1.22. The standard InChI is InChI=1S/C13H9BrIN3/c1-7-2-5-11-13(16-7)18-12(17-11)9-6-8(15)3-4-10(9)14/h2-6H,1H3,(H,16,17,18). The molecule has 1 aromatic carbocycles. The first-order valence-corrected chi connectivity index (χ1v) is 7.29. The highest BCUT2D eigenvalue weighted by Gasteiger charge is 2.09. The molecule has 0 bridgehead atoms. The first kappa shape index (κ1) is 12.1. The molecule has 0 spiro atoms. The second kappa shape index (κ2) is 4.62. The van der Waals surface area contributed by atoms with Gasteiger partial charge in [-0.25, -0.2) is 9.97 Å². The van der Waals surface area contributed by atoms with E-state index in [1.165, 1.54) is 3.57 Å². The lowest BCUT2D eigenvalue weighted by atomic mass is 10.2. The van der Waals surface area contributed by atoms with Gasteiger partial charge in [-0.2, -0.15) is 0 Å². The maximum Gasteiger partial charge on any atom is 0.178 e. The number of rotatable bonds is 1. The molecule has 0 saturated carbocycles. The van der Waals surface area contributed by atoms with Crippen molar-refractivity contribution in [2.75, 3.05) is 0 Å². The Kier molecular flexibility index (Phi) is 3.11. The van der Waals surface area contributed by atoms with Crippen molar-refractivity contribution in [1.29, 1.82) is 0 Å². The minimum atomic E-state index is 0.760. The van der Waals surface area contributed by atoms with E-state index in [0.29, 0.717) is 0 Å². The normalized spacial score (nSPS) is 11.1. The predicted octanol–water partition coefficient (Wildman–Crippen LogP) is 4.30. The van der Waals surface area contributed by atoms with Gasteiger partial charge in [0, 0.05) is 19.3 Å². The molecule has 90 valence electrons. The van der Waals surface area contributed by atoms with Crippen LogP contribution in [0.3, 0.4) is 0 Å². The molecule has 2 heterocycles. The SMILES string of the molecule is Cc1ccc2[nH]c(-c3cc(I)ccc3Br)nc2n1. The molecule has 0 saturated heterocycles. The summed E-state index contributed by atoms with van der Waals surface area (Å²) in [5.41, 5.74) is 3.75. The first-order chi connectivity index (χ1) is 8.63. The highest BCUT2D eigenvalue weighted by molar-refractivity contribution is 14.1. The van der Waals surface area contributed by atoms with Gasteiger partial charge in [-0.3, -0.25) is 0 Å². The van der Waals surface area contributed by atoms with Crippen molar-refractivity contribution in [2.24, 2.45) is 0 Å². The van der Waals surface area contributed by atoms with E-state index in [2.05, 4.69) is 65.6 Å². The Bertz CT molecular complexity index is 736. The van der Waals surface area contributed by atoms with E-state index in [1.807, 2.05) is 25.1 Å². The third kappa shape index (κ3) is 2.16. The number of aromatic amines is 1. The molecule has 0 fully saturated rings. The van der Waals surface area contributed by atoms with Crippen LogP contribution in [0, 0.1) is 10.5 Å². The quantitative estimate of drug-likeness (QED) is 0.604. The van der Waals surface area contributed by atoms with Crippen LogP contribution in [-0.2, 0) is 0 Å². The summed E-state index contributed by atoms with van der Waals surface area (Å²) in [6, 6.07) is 10.2. The van der Waals surface area contributed by atoms with Crippen LogP contribution < -0.4 is 0 Å². The van der Waals surface area contributed by atoms with Gasteiger partial charge in [-0.15, -0.1) is 0 Å². The lowest BCUT2D eigenvalue weighted by Crippen LogP contribution is -1.84. The minimum Gasteiger partial charge on any atom is -0.337 e. The zero-order valence-electron chi connectivity index (χ0n) is 9.54. The fraction of sp³-hybridized carbons (Fsp3) is 0.0769. The highest BCUT2D eigenvalue weighted by Crippen LogP contribution is 2.29. The van der Waals surface area contributed by atoms with E-state index >= 15 is 0 Å². The molecular formula is C13H9BrIN3. The summed E-state index contributed by atoms with van der Waals surface area (Å²) in [6.45, 7) is 1.97. The van der Waals surface area contributed by atoms with Crippen molar-refractivity contribution in [3.8, 4) is 11.4 Å². The van der Waals surface area contributed by atoms with Crippen LogP contribution in [0.25, 0.3) is 22.6 Å². The zero-order chi connectivity index (χ0) is 12.7. The molecule has 0 atom stereocenters. The Morgan fingerprint density at radius 3 is 2.83 bits per heavy atom. The van der Waals surface area contributed by atoms with Gasteiger partial charge in [0.2, 0.25) is 0 Å². The predicted molar refractivity (Wildman–Crippen MR) is 84.5 cm³/mol. The summed E-state index contributed by atoms with van der Waals surface area (Å²) >= 11 is 5.85. The van der Waals surface area contributed by atoms with Gasteiger partial charge >= 0.3 is 0 Å². The van der Waals surface area contributed by atoms with Crippen molar-refractivity contribution in [1.82, 2.24) is 15.0 Å². The fourth-order valence-corrected chi connectivity index (χ4v) is 2.72. The van der Waals surface area contributed by atoms with Crippen molar-refractivity contribution in [3.05, 3.63) is 44.1 Å². The number of nitrogens with one attached hydrogen (secondary N) is 1. The van der Waals surface area contributed by atoms with E-state index in [4.69, 9.17) is 0 Å². The number of fused-ring (bicyclic) bond motifs is 1. The van der Waals surface area contributed by atoms with Gasteiger partial charge in [-0.05, 0) is 59.8 Å². The monoisotopic (exact) mass is 413 g/mol. The number of halogens is 2. The van der Waals surface area contributed by atoms with Crippen molar-refractivity contribution < 1.29 is 0 Å². The molecule has 0 amide bonds. The van der Waals surface area contributed by atoms with Gasteiger partial charge in [0.1, 0.15) is 5.82 Å². The number of aryl methyl sites for hydroxylation is 1. The van der Waals surface area contributed by atoms with Gasteiger partial charge in [0.15, 0.2) is 5.65 Å². The summed E-state index contributed by atoms with van der Waals surface area (Å²) in [5.74, 6) is 0.841. The zero-order valence-corrected chi connectivity index (χ0v) is 13.3. The maximum atomic E-state index is 4.55. The van der Waals surface area contributed by atoms with Gasteiger partial charge in [-0.1, -0.05) is 15.9 Å². The van der Waals surface area contributed by atoms with Crippen LogP contribution in [0.4, 0.5) is 0 Å². The maximum absolute atomic E-state index is 4.55. The van der Waals surface area contributed by atoms with Gasteiger partial charge in [0.05, 0.1) is 5.52 Å². The molecule has 1 N–H and O–H groups in total. The molecule has 0 radical (unpaired) electrons. The largest absolute Gasteiger partial charge is 0.337 e. The smallest absolute Gasteiger partial charge is 0.178 e. The van der Waals surface area contributed by atoms with Crippen LogP contribution in [0.1, 0.15) is 5.69 Å². The molecule has 0 aliphatic heterocycles. The number of hydrogen-bond donors (Lipinski definition) is 1. The molecule has 0 unspecified atom stereocenters. The van der Waals surface area contributed by atoms with Crippen molar-refractivity contribution in [2.45, 2.75) is 6.92 Å². The Morgan fingerprint density at radius 2 is 2.00 bits per heavy atom. The van der Waals surface area contributed by atoms with Gasteiger partial charge in [0.25, 0.3) is 0 Å². The molecule has 0 aliphatic rings. The number of nitrogens with zero attached hydrogens (tertiary/aromatic N) is 2. The average Bonchev–Trinajstić information content (AvgIpc) is 2.74. The highest BCUT2D eigenvalue weighted by atomic mass is 127. The number of H-pyrrole nitrogens is 1. The molecule has 3 nitrogen and oxygen atoms in total. The molecule has 2 aromatic heterocycles. The van der Waals surface area contributed by atoms with E-state index in [0.717, 1.165) is 32.7 Å². The summed E-state index contributed by atoms with van der Waals surface area (Å²) in [7, 11) is 0. The number of benzene rings is 1. The summed E-state index contributed by atoms with van der Waals surface area (Å²) in [6.07, 6.45) is 0. The third-order valence-electron chi connectivity index (χ3n) is 2.67. The van der Waals surface area contributed by atoms with Crippen molar-refractivity contribution in [3.63, 3.8) is 0 Å². The van der Waals surface area contributed by atoms with Crippen LogP contribution in [-0.4, -0.2) is 15.0 Å². The number of aromatic nitrogens is 3. The Labute approximate surface area is 126 Å². The molecule has 3 rings (SSSR count). The van der Waals surface area contributed by atoms with Crippen molar-refractivity contribution >= 4 is 49.7 Å². The van der Waals surface area contributed by atoms with Crippen LogP contribution in [0.2, 0.25) is 0 Å². The molecule has 18 heavy (non-hydrogen) atoms. The number of imidazole rings is 1. The van der Waals surface area contributed by atoms with E-state index in [1.54, 1.807) is 0 Å². The molecule has 5 heteroatoms. The fourth-order valence-electron chi connectivity index (χ4n) is 1.79. The lowest BCUT2D eigenvalue weighted by Gasteiger charge is -2.01. The minimum absolute atomic E-state index is 0.760. The number of pyridine rings is 1. The Balaban J connectivity index is 2.22. The van der Waals surface area contributed by atoms with Crippen LogP contribution >= 0.6 is 38.5 Å². The Hall–Kier alpha value is -0.950. The molecule has 3 aromatic rings. The van der Waals surface area contributed by atoms with Crippen LogP contribution in [0.15, 0.2) is 34.8 Å².